The Balaban J connectivity index is 1.81. The molecule has 9 heteroatoms. The van der Waals surface area contributed by atoms with Gasteiger partial charge in [-0.25, -0.2) is 0 Å². The van der Waals surface area contributed by atoms with Crippen molar-refractivity contribution in [2.45, 2.75) is 26.7 Å². The number of para-hydroxylation sites is 2. The van der Waals surface area contributed by atoms with Gasteiger partial charge in [0.15, 0.2) is 17.2 Å². The van der Waals surface area contributed by atoms with E-state index in [0.29, 0.717) is 29.4 Å². The van der Waals surface area contributed by atoms with Gasteiger partial charge in [0.25, 0.3) is 11.6 Å². The zero-order valence-corrected chi connectivity index (χ0v) is 18.7. The van der Waals surface area contributed by atoms with Gasteiger partial charge in [0.2, 0.25) is 5.91 Å². The van der Waals surface area contributed by atoms with Gasteiger partial charge < -0.3 is 19.7 Å². The zero-order valence-electron chi connectivity index (χ0n) is 18.7. The number of nitro benzene ring substituents is 1. The smallest absolute Gasteiger partial charge is 0.276 e. The Morgan fingerprint density at radius 3 is 2.53 bits per heavy atom. The first-order valence-corrected chi connectivity index (χ1v) is 10.8. The molecule has 3 aromatic carbocycles. The standard InChI is InChI=1S/C25H23N3O6/c1-3-4-13-27-20-7-5-6-8-21(20)34-23-15-18(28(31)32)14-22(24(23)25(27)30)33-19-11-9-17(10-12-19)26-16(2)29/h5-12,14-15H,3-4,13H2,1-2H3,(H,26,29). The highest BCUT2D eigenvalue weighted by Crippen LogP contribution is 2.45. The van der Waals surface area contributed by atoms with Crippen LogP contribution in [-0.4, -0.2) is 23.3 Å². The summed E-state index contributed by atoms with van der Waals surface area (Å²) in [6.07, 6.45) is 1.65. The molecule has 0 aromatic heterocycles. The van der Waals surface area contributed by atoms with Crippen molar-refractivity contribution < 1.29 is 24.0 Å². The van der Waals surface area contributed by atoms with E-state index in [4.69, 9.17) is 9.47 Å². The highest BCUT2D eigenvalue weighted by molar-refractivity contribution is 6.11. The Morgan fingerprint density at radius 1 is 1.12 bits per heavy atom. The predicted octanol–water partition coefficient (Wildman–Crippen LogP) is 5.90. The normalized spacial score (nSPS) is 12.2. The second-order valence-corrected chi connectivity index (χ2v) is 7.76. The van der Waals surface area contributed by atoms with Gasteiger partial charge in [-0.1, -0.05) is 25.5 Å². The molecule has 0 bridgehead atoms. The first kappa shape index (κ1) is 22.8. The molecule has 0 fully saturated rings. The van der Waals surface area contributed by atoms with Crippen molar-refractivity contribution in [1.29, 1.82) is 0 Å². The molecule has 0 saturated carbocycles. The maximum absolute atomic E-state index is 13.7. The number of ether oxygens (including phenoxy) is 2. The molecular weight excluding hydrogens is 438 g/mol. The van der Waals surface area contributed by atoms with Crippen molar-refractivity contribution in [1.82, 2.24) is 0 Å². The number of nitrogens with one attached hydrogen (secondary N) is 1. The second-order valence-electron chi connectivity index (χ2n) is 7.76. The number of carbonyl (C=O) groups excluding carboxylic acids is 2. The maximum atomic E-state index is 13.7. The summed E-state index contributed by atoms with van der Waals surface area (Å²) < 4.78 is 12.0. The lowest BCUT2D eigenvalue weighted by Gasteiger charge is -2.22. The third-order valence-electron chi connectivity index (χ3n) is 5.23. The number of rotatable bonds is 7. The topological polar surface area (TPSA) is 111 Å². The van der Waals surface area contributed by atoms with Crippen molar-refractivity contribution in [3.05, 3.63) is 76.3 Å². The summed E-state index contributed by atoms with van der Waals surface area (Å²) in [7, 11) is 0. The number of nitro groups is 1. The Morgan fingerprint density at radius 2 is 1.85 bits per heavy atom. The number of benzene rings is 3. The summed E-state index contributed by atoms with van der Waals surface area (Å²) in [6.45, 7) is 3.88. The lowest BCUT2D eigenvalue weighted by Crippen LogP contribution is -2.31. The summed E-state index contributed by atoms with van der Waals surface area (Å²) in [4.78, 5) is 37.6. The van der Waals surface area contributed by atoms with E-state index in [9.17, 15) is 19.7 Å². The molecule has 1 aliphatic heterocycles. The molecule has 0 unspecified atom stereocenters. The molecule has 1 heterocycles. The third-order valence-corrected chi connectivity index (χ3v) is 5.23. The third kappa shape index (κ3) is 4.68. The second kappa shape index (κ2) is 9.62. The lowest BCUT2D eigenvalue weighted by molar-refractivity contribution is -0.385. The summed E-state index contributed by atoms with van der Waals surface area (Å²) in [5.74, 6) is 0.245. The minimum Gasteiger partial charge on any atom is -0.456 e. The first-order chi connectivity index (χ1) is 16.4. The fourth-order valence-corrected chi connectivity index (χ4v) is 3.66. The Kier molecular flexibility index (Phi) is 6.44. The lowest BCUT2D eigenvalue weighted by atomic mass is 10.1. The van der Waals surface area contributed by atoms with E-state index in [2.05, 4.69) is 5.32 Å². The van der Waals surface area contributed by atoms with E-state index >= 15 is 0 Å². The van der Waals surface area contributed by atoms with E-state index in [0.717, 1.165) is 12.8 Å². The van der Waals surface area contributed by atoms with E-state index in [1.54, 1.807) is 53.4 Å². The summed E-state index contributed by atoms with van der Waals surface area (Å²) in [6, 6.07) is 16.0. The van der Waals surface area contributed by atoms with Gasteiger partial charge in [0.1, 0.15) is 11.3 Å². The fourth-order valence-electron chi connectivity index (χ4n) is 3.66. The van der Waals surface area contributed by atoms with E-state index in [1.807, 2.05) is 6.92 Å². The van der Waals surface area contributed by atoms with Crippen LogP contribution in [0.5, 0.6) is 23.0 Å². The molecule has 34 heavy (non-hydrogen) atoms. The molecule has 4 rings (SSSR count). The number of carbonyl (C=O) groups is 2. The van der Waals surface area contributed by atoms with Crippen LogP contribution in [-0.2, 0) is 4.79 Å². The highest BCUT2D eigenvalue weighted by atomic mass is 16.6. The SMILES string of the molecule is CCCCN1C(=O)c2c(Oc3ccc(NC(C)=O)cc3)cc([N+](=O)[O-])cc2Oc2ccccc21. The van der Waals surface area contributed by atoms with Crippen LogP contribution in [0.4, 0.5) is 17.1 Å². The molecule has 0 saturated heterocycles. The molecule has 0 radical (unpaired) electrons. The number of anilines is 2. The number of nitrogens with zero attached hydrogens (tertiary/aromatic N) is 2. The van der Waals surface area contributed by atoms with Crippen molar-refractivity contribution in [3.8, 4) is 23.0 Å². The van der Waals surface area contributed by atoms with Crippen molar-refractivity contribution in [2.24, 2.45) is 0 Å². The Bertz CT molecular complexity index is 1260. The molecule has 0 atom stereocenters. The minimum atomic E-state index is -0.563. The average Bonchev–Trinajstić information content (AvgIpc) is 2.92. The van der Waals surface area contributed by atoms with Crippen LogP contribution in [0.1, 0.15) is 37.0 Å². The van der Waals surface area contributed by atoms with Crippen LogP contribution in [0.15, 0.2) is 60.7 Å². The minimum absolute atomic E-state index is 0.00998. The van der Waals surface area contributed by atoms with Gasteiger partial charge in [-0.05, 0) is 42.8 Å². The maximum Gasteiger partial charge on any atom is 0.276 e. The zero-order chi connectivity index (χ0) is 24.2. The van der Waals surface area contributed by atoms with Crippen molar-refractivity contribution in [3.63, 3.8) is 0 Å². The van der Waals surface area contributed by atoms with Gasteiger partial charge in [-0.3, -0.25) is 19.7 Å². The summed E-state index contributed by atoms with van der Waals surface area (Å²) in [5.41, 5.74) is 0.989. The van der Waals surface area contributed by atoms with E-state index in [1.165, 1.54) is 19.1 Å². The first-order valence-electron chi connectivity index (χ1n) is 10.8. The molecule has 1 N–H and O–H groups in total. The molecular formula is C25H23N3O6. The van der Waals surface area contributed by atoms with Crippen LogP contribution in [0, 0.1) is 10.1 Å². The van der Waals surface area contributed by atoms with E-state index in [-0.39, 0.29) is 34.6 Å². The molecule has 2 amide bonds. The number of fused-ring (bicyclic) bond motifs is 2. The van der Waals surface area contributed by atoms with Crippen molar-refractivity contribution >= 4 is 28.9 Å². The number of non-ortho nitro benzene ring substituents is 1. The number of unbranched alkanes of at least 4 members (excludes halogenated alkanes) is 1. The van der Waals surface area contributed by atoms with Gasteiger partial charge in [0, 0.05) is 19.2 Å². The van der Waals surface area contributed by atoms with E-state index < -0.39 is 4.92 Å². The van der Waals surface area contributed by atoms with Gasteiger partial charge in [-0.2, -0.15) is 0 Å². The Labute approximate surface area is 196 Å². The van der Waals surface area contributed by atoms with Gasteiger partial charge in [0.05, 0.1) is 22.7 Å². The van der Waals surface area contributed by atoms with Crippen LogP contribution >= 0.6 is 0 Å². The largest absolute Gasteiger partial charge is 0.456 e. The fraction of sp³-hybridized carbons (Fsp3) is 0.200. The van der Waals surface area contributed by atoms with Gasteiger partial charge >= 0.3 is 0 Å². The molecule has 1 aliphatic rings. The number of hydrogen-bond donors (Lipinski definition) is 1. The van der Waals surface area contributed by atoms with Crippen molar-refractivity contribution in [2.75, 3.05) is 16.8 Å². The predicted molar refractivity (Wildman–Crippen MR) is 127 cm³/mol. The average molecular weight is 461 g/mol. The number of hydrogen-bond acceptors (Lipinski definition) is 6. The highest BCUT2D eigenvalue weighted by Gasteiger charge is 2.33. The monoisotopic (exact) mass is 461 g/mol. The quantitative estimate of drug-likeness (QED) is 0.346. The molecule has 0 aliphatic carbocycles. The number of amides is 2. The van der Waals surface area contributed by atoms with Crippen LogP contribution < -0.4 is 19.7 Å². The molecule has 3 aromatic rings. The molecule has 174 valence electrons. The summed E-state index contributed by atoms with van der Waals surface area (Å²) in [5, 5.41) is 14.3. The molecule has 9 nitrogen and oxygen atoms in total. The van der Waals surface area contributed by atoms with Crippen LogP contribution in [0.25, 0.3) is 0 Å². The van der Waals surface area contributed by atoms with Crippen LogP contribution in [0.2, 0.25) is 0 Å². The Hall–Kier alpha value is -4.40. The van der Waals surface area contributed by atoms with Gasteiger partial charge in [-0.15, -0.1) is 0 Å². The summed E-state index contributed by atoms with van der Waals surface area (Å²) >= 11 is 0. The molecule has 0 spiro atoms. The van der Waals surface area contributed by atoms with Crippen LogP contribution in [0.3, 0.4) is 0 Å².